The van der Waals surface area contributed by atoms with E-state index in [-0.39, 0.29) is 0 Å². The molecular formula is C12H20ClN5. The molecule has 0 saturated heterocycles. The van der Waals surface area contributed by atoms with Crippen LogP contribution in [0.15, 0.2) is 0 Å². The van der Waals surface area contributed by atoms with Crippen molar-refractivity contribution < 1.29 is 0 Å². The van der Waals surface area contributed by atoms with E-state index in [1.165, 1.54) is 0 Å². The van der Waals surface area contributed by atoms with E-state index in [1.807, 2.05) is 30.8 Å². The van der Waals surface area contributed by atoms with Crippen LogP contribution in [-0.2, 0) is 19.9 Å². The molecule has 0 fully saturated rings. The first-order valence-electron chi connectivity index (χ1n) is 6.26. The van der Waals surface area contributed by atoms with Crippen LogP contribution in [0.3, 0.4) is 0 Å². The highest BCUT2D eigenvalue weighted by molar-refractivity contribution is 6.17. The number of hydrogen-bond donors (Lipinski definition) is 0. The van der Waals surface area contributed by atoms with Crippen molar-refractivity contribution in [2.24, 2.45) is 7.05 Å². The Bertz CT molecular complexity index is 540. The molecule has 100 valence electrons. The highest BCUT2D eigenvalue weighted by Gasteiger charge is 2.19. The van der Waals surface area contributed by atoms with Crippen LogP contribution in [0.25, 0.3) is 11.2 Å². The van der Waals surface area contributed by atoms with Crippen molar-refractivity contribution in [2.45, 2.75) is 26.2 Å². The van der Waals surface area contributed by atoms with E-state index in [2.05, 4.69) is 16.7 Å². The second-order valence-corrected chi connectivity index (χ2v) is 5.00. The lowest BCUT2D eigenvalue weighted by atomic mass is 10.2. The van der Waals surface area contributed by atoms with Gasteiger partial charge in [-0.2, -0.15) is 5.10 Å². The Labute approximate surface area is 112 Å². The maximum atomic E-state index is 5.85. The Morgan fingerprint density at radius 1 is 1.28 bits per heavy atom. The number of hydrogen-bond acceptors (Lipinski definition) is 3. The molecular weight excluding hydrogens is 250 g/mol. The van der Waals surface area contributed by atoms with Crippen molar-refractivity contribution >= 4 is 22.8 Å². The van der Waals surface area contributed by atoms with Crippen molar-refractivity contribution in [1.29, 1.82) is 0 Å². The quantitative estimate of drug-likeness (QED) is 0.776. The van der Waals surface area contributed by atoms with Gasteiger partial charge in [0.15, 0.2) is 5.65 Å². The largest absolute Gasteiger partial charge is 0.316 e. The third kappa shape index (κ3) is 2.07. The maximum absolute atomic E-state index is 5.85. The molecule has 0 N–H and O–H groups in total. The first-order chi connectivity index (χ1) is 8.60. The fourth-order valence-corrected chi connectivity index (χ4v) is 2.45. The number of fused-ring (bicyclic) bond motifs is 1. The lowest BCUT2D eigenvalue weighted by Crippen LogP contribution is -2.28. The molecule has 0 aliphatic heterocycles. The van der Waals surface area contributed by atoms with E-state index in [1.54, 1.807) is 0 Å². The summed E-state index contributed by atoms with van der Waals surface area (Å²) in [4.78, 5) is 4.72. The van der Waals surface area contributed by atoms with E-state index in [4.69, 9.17) is 16.6 Å². The van der Waals surface area contributed by atoms with Crippen molar-refractivity contribution in [1.82, 2.24) is 19.4 Å². The van der Waals surface area contributed by atoms with Crippen LogP contribution in [0.5, 0.6) is 0 Å². The summed E-state index contributed by atoms with van der Waals surface area (Å²) < 4.78 is 3.99. The smallest absolute Gasteiger partial charge is 0.177 e. The lowest BCUT2D eigenvalue weighted by Gasteiger charge is -2.17. The standard InChI is InChI=1S/C12H20ClN5/c1-5-6-9-11-12(17(4)15-9)18(16(2)3)10(14-11)7-8-13/h5-8H2,1-4H3. The van der Waals surface area contributed by atoms with Gasteiger partial charge in [0.25, 0.3) is 0 Å². The number of halogens is 1. The fourth-order valence-electron chi connectivity index (χ4n) is 2.28. The van der Waals surface area contributed by atoms with E-state index in [0.717, 1.165) is 41.9 Å². The molecule has 5 nitrogen and oxygen atoms in total. The fraction of sp³-hybridized carbons (Fsp3) is 0.667. The van der Waals surface area contributed by atoms with Gasteiger partial charge in [-0.3, -0.25) is 0 Å². The molecule has 2 aromatic rings. The van der Waals surface area contributed by atoms with Gasteiger partial charge in [0, 0.05) is 33.4 Å². The van der Waals surface area contributed by atoms with Gasteiger partial charge in [-0.25, -0.2) is 14.3 Å². The van der Waals surface area contributed by atoms with Gasteiger partial charge < -0.3 is 5.01 Å². The van der Waals surface area contributed by atoms with Crippen molar-refractivity contribution in [3.8, 4) is 0 Å². The molecule has 0 unspecified atom stereocenters. The number of alkyl halides is 1. The molecule has 2 heterocycles. The lowest BCUT2D eigenvalue weighted by molar-refractivity contribution is 0.656. The highest BCUT2D eigenvalue weighted by Crippen LogP contribution is 2.21. The molecule has 0 amide bonds. The summed E-state index contributed by atoms with van der Waals surface area (Å²) >= 11 is 5.85. The van der Waals surface area contributed by atoms with Crippen LogP contribution in [0.1, 0.15) is 24.9 Å². The van der Waals surface area contributed by atoms with Crippen molar-refractivity contribution in [2.75, 3.05) is 25.0 Å². The molecule has 2 aromatic heterocycles. The predicted octanol–water partition coefficient (Wildman–Crippen LogP) is 1.70. The first kappa shape index (κ1) is 13.2. The minimum atomic E-state index is 0.577. The minimum Gasteiger partial charge on any atom is -0.316 e. The van der Waals surface area contributed by atoms with Crippen LogP contribution >= 0.6 is 11.6 Å². The second kappa shape index (κ2) is 5.18. The Kier molecular flexibility index (Phi) is 3.80. The van der Waals surface area contributed by atoms with E-state index in [9.17, 15) is 0 Å². The zero-order chi connectivity index (χ0) is 13.3. The number of nitrogens with zero attached hydrogens (tertiary/aromatic N) is 5. The normalized spacial score (nSPS) is 11.4. The monoisotopic (exact) mass is 269 g/mol. The van der Waals surface area contributed by atoms with Gasteiger partial charge in [-0.05, 0) is 6.42 Å². The van der Waals surface area contributed by atoms with Gasteiger partial charge in [-0.1, -0.05) is 13.3 Å². The summed E-state index contributed by atoms with van der Waals surface area (Å²) in [5.74, 6) is 1.57. The molecule has 0 atom stereocenters. The van der Waals surface area contributed by atoms with Gasteiger partial charge in [0.1, 0.15) is 11.3 Å². The van der Waals surface area contributed by atoms with Crippen LogP contribution in [0.2, 0.25) is 0 Å². The molecule has 0 aliphatic rings. The molecule has 0 aliphatic carbocycles. The summed E-state index contributed by atoms with van der Waals surface area (Å²) in [6, 6.07) is 0. The van der Waals surface area contributed by atoms with Gasteiger partial charge in [-0.15, -0.1) is 11.6 Å². The van der Waals surface area contributed by atoms with Crippen LogP contribution in [0.4, 0.5) is 0 Å². The van der Waals surface area contributed by atoms with E-state index in [0.29, 0.717) is 5.88 Å². The Morgan fingerprint density at radius 2 is 2.00 bits per heavy atom. The maximum Gasteiger partial charge on any atom is 0.177 e. The molecule has 0 spiro atoms. The number of aryl methyl sites for hydroxylation is 3. The highest BCUT2D eigenvalue weighted by atomic mass is 35.5. The molecule has 18 heavy (non-hydrogen) atoms. The van der Waals surface area contributed by atoms with Crippen LogP contribution in [-0.4, -0.2) is 39.4 Å². The Morgan fingerprint density at radius 3 is 2.56 bits per heavy atom. The summed E-state index contributed by atoms with van der Waals surface area (Å²) in [6.45, 7) is 2.16. The van der Waals surface area contributed by atoms with Crippen molar-refractivity contribution in [3.05, 3.63) is 11.5 Å². The number of aromatic nitrogens is 4. The van der Waals surface area contributed by atoms with Crippen molar-refractivity contribution in [3.63, 3.8) is 0 Å². The van der Waals surface area contributed by atoms with E-state index >= 15 is 0 Å². The SMILES string of the molecule is CCCc1nn(C)c2c1nc(CCCl)n2N(C)C. The van der Waals surface area contributed by atoms with Crippen LogP contribution < -0.4 is 5.01 Å². The summed E-state index contributed by atoms with van der Waals surface area (Å²) in [5, 5.41) is 6.58. The number of imidazole rings is 1. The van der Waals surface area contributed by atoms with Gasteiger partial charge in [0.2, 0.25) is 0 Å². The number of rotatable bonds is 5. The summed E-state index contributed by atoms with van der Waals surface area (Å²) in [7, 11) is 5.98. The zero-order valence-corrected chi connectivity index (χ0v) is 12.2. The third-order valence-corrected chi connectivity index (χ3v) is 3.14. The topological polar surface area (TPSA) is 38.9 Å². The Hall–Kier alpha value is -1.23. The molecule has 0 bridgehead atoms. The second-order valence-electron chi connectivity index (χ2n) is 4.62. The van der Waals surface area contributed by atoms with E-state index < -0.39 is 0 Å². The molecule has 0 aromatic carbocycles. The summed E-state index contributed by atoms with van der Waals surface area (Å²) in [6.07, 6.45) is 2.80. The third-order valence-electron chi connectivity index (χ3n) is 2.95. The van der Waals surface area contributed by atoms with Gasteiger partial charge >= 0.3 is 0 Å². The Balaban J connectivity index is 2.64. The minimum absolute atomic E-state index is 0.577. The zero-order valence-electron chi connectivity index (χ0n) is 11.4. The molecule has 0 saturated carbocycles. The molecule has 2 rings (SSSR count). The predicted molar refractivity (Wildman–Crippen MR) is 75.0 cm³/mol. The first-order valence-corrected chi connectivity index (χ1v) is 6.80. The average molecular weight is 270 g/mol. The van der Waals surface area contributed by atoms with Gasteiger partial charge in [0.05, 0.1) is 5.69 Å². The molecule has 0 radical (unpaired) electrons. The summed E-state index contributed by atoms with van der Waals surface area (Å²) in [5.41, 5.74) is 3.13. The molecule has 6 heteroatoms. The van der Waals surface area contributed by atoms with Crippen LogP contribution in [0, 0.1) is 0 Å². The average Bonchev–Trinajstić information content (AvgIpc) is 2.80.